The van der Waals surface area contributed by atoms with E-state index in [1.54, 1.807) is 12.4 Å². The lowest BCUT2D eigenvalue weighted by Gasteiger charge is -2.09. The summed E-state index contributed by atoms with van der Waals surface area (Å²) in [7, 11) is 0. The number of aromatic nitrogens is 4. The number of rotatable bonds is 5. The van der Waals surface area contributed by atoms with Crippen molar-refractivity contribution in [2.24, 2.45) is 0 Å². The van der Waals surface area contributed by atoms with Crippen LogP contribution in [-0.4, -0.2) is 20.2 Å². The highest BCUT2D eigenvalue weighted by Crippen LogP contribution is 2.26. The van der Waals surface area contributed by atoms with E-state index in [4.69, 9.17) is 11.6 Å². The molecule has 0 unspecified atom stereocenters. The van der Waals surface area contributed by atoms with E-state index >= 15 is 0 Å². The quantitative estimate of drug-likeness (QED) is 0.735. The minimum Gasteiger partial charge on any atom is -0.350 e. The topological polar surface area (TPSA) is 66.5 Å². The first-order valence-electron chi connectivity index (χ1n) is 7.49. The summed E-state index contributed by atoms with van der Waals surface area (Å²) < 4.78 is 0. The molecule has 2 aromatic heterocycles. The molecule has 0 bridgehead atoms. The number of nitrogens with zero attached hydrogens (tertiary/aromatic N) is 3. The van der Waals surface area contributed by atoms with Crippen molar-refractivity contribution in [2.75, 3.05) is 5.32 Å². The van der Waals surface area contributed by atoms with E-state index in [9.17, 15) is 0 Å². The first kappa shape index (κ1) is 15.5. The van der Waals surface area contributed by atoms with Crippen molar-refractivity contribution in [1.29, 1.82) is 0 Å². The average molecular weight is 328 g/mol. The Balaban J connectivity index is 1.80. The van der Waals surface area contributed by atoms with Gasteiger partial charge in [0.25, 0.3) is 0 Å². The number of H-pyrrole nitrogens is 1. The summed E-state index contributed by atoms with van der Waals surface area (Å²) in [5.74, 6) is 0.917. The summed E-state index contributed by atoms with van der Waals surface area (Å²) in [4.78, 5) is 8.85. The van der Waals surface area contributed by atoms with Gasteiger partial charge in [0.2, 0.25) is 5.95 Å². The average Bonchev–Trinajstić information content (AvgIpc) is 3.04. The minimum absolute atomic E-state index is 0.349. The molecule has 0 amide bonds. The van der Waals surface area contributed by atoms with E-state index in [0.717, 1.165) is 27.5 Å². The van der Waals surface area contributed by atoms with Gasteiger partial charge in [-0.15, -0.1) is 0 Å². The van der Waals surface area contributed by atoms with Crippen LogP contribution >= 0.6 is 11.6 Å². The predicted octanol–water partition coefficient (Wildman–Crippen LogP) is 4.26. The third-order valence-electron chi connectivity index (χ3n) is 3.57. The van der Waals surface area contributed by atoms with Crippen LogP contribution in [0, 0.1) is 0 Å². The molecule has 118 valence electrons. The maximum atomic E-state index is 6.17. The number of anilines is 1. The minimum atomic E-state index is 0.349. The lowest BCUT2D eigenvalue weighted by atomic mass is 10.0. The van der Waals surface area contributed by atoms with Gasteiger partial charge < -0.3 is 5.32 Å². The summed E-state index contributed by atoms with van der Waals surface area (Å²) in [5.41, 5.74) is 3.93. The Morgan fingerprint density at radius 3 is 2.83 bits per heavy atom. The Kier molecular flexibility index (Phi) is 4.57. The zero-order valence-corrected chi connectivity index (χ0v) is 13.8. The first-order valence-corrected chi connectivity index (χ1v) is 7.87. The summed E-state index contributed by atoms with van der Waals surface area (Å²) in [5, 5.41) is 11.1. The van der Waals surface area contributed by atoms with Crippen molar-refractivity contribution >= 4 is 17.5 Å². The van der Waals surface area contributed by atoms with Gasteiger partial charge in [-0.05, 0) is 23.6 Å². The highest BCUT2D eigenvalue weighted by Gasteiger charge is 2.12. The van der Waals surface area contributed by atoms with Crippen molar-refractivity contribution < 1.29 is 0 Å². The fourth-order valence-electron chi connectivity index (χ4n) is 2.35. The molecular formula is C17H18ClN5. The zero-order valence-electron chi connectivity index (χ0n) is 13.0. The summed E-state index contributed by atoms with van der Waals surface area (Å²) in [6.45, 7) is 4.81. The fraction of sp³-hybridized carbons (Fsp3) is 0.235. The molecule has 2 N–H and O–H groups in total. The molecule has 5 nitrogen and oxygen atoms in total. The maximum Gasteiger partial charge on any atom is 0.223 e. The van der Waals surface area contributed by atoms with E-state index in [1.807, 2.05) is 30.3 Å². The van der Waals surface area contributed by atoms with Crippen LogP contribution in [0.2, 0.25) is 5.02 Å². The molecule has 0 atom stereocenters. The molecule has 0 radical (unpaired) electrons. The molecule has 0 aliphatic heterocycles. The molecular weight excluding hydrogens is 310 g/mol. The second-order valence-corrected chi connectivity index (χ2v) is 5.97. The molecule has 0 spiro atoms. The van der Waals surface area contributed by atoms with Gasteiger partial charge in [-0.1, -0.05) is 43.6 Å². The van der Waals surface area contributed by atoms with Crippen LogP contribution in [0.1, 0.15) is 31.0 Å². The Hall–Kier alpha value is -2.40. The van der Waals surface area contributed by atoms with Crippen LogP contribution in [0.15, 0.2) is 42.7 Å². The predicted molar refractivity (Wildman–Crippen MR) is 92.5 cm³/mol. The summed E-state index contributed by atoms with van der Waals surface area (Å²) >= 11 is 6.17. The van der Waals surface area contributed by atoms with Crippen molar-refractivity contribution in [2.45, 2.75) is 26.3 Å². The molecule has 0 saturated heterocycles. The van der Waals surface area contributed by atoms with Crippen LogP contribution in [-0.2, 0) is 6.54 Å². The number of aromatic amines is 1. The lowest BCUT2D eigenvalue weighted by molar-refractivity contribution is 0.811. The molecule has 23 heavy (non-hydrogen) atoms. The molecule has 0 fully saturated rings. The third-order valence-corrected chi connectivity index (χ3v) is 3.94. The van der Waals surface area contributed by atoms with Gasteiger partial charge in [-0.25, -0.2) is 9.97 Å². The van der Waals surface area contributed by atoms with Crippen LogP contribution in [0.25, 0.3) is 11.3 Å². The summed E-state index contributed by atoms with van der Waals surface area (Å²) in [6.07, 6.45) is 3.55. The number of hydrogen-bond donors (Lipinski definition) is 2. The molecule has 1 aromatic carbocycles. The smallest absolute Gasteiger partial charge is 0.223 e. The van der Waals surface area contributed by atoms with Gasteiger partial charge in [0.05, 0.1) is 11.9 Å². The second-order valence-electron chi connectivity index (χ2n) is 5.56. The van der Waals surface area contributed by atoms with E-state index in [0.29, 0.717) is 18.4 Å². The van der Waals surface area contributed by atoms with E-state index < -0.39 is 0 Å². The number of hydrogen-bond acceptors (Lipinski definition) is 4. The number of benzene rings is 1. The van der Waals surface area contributed by atoms with Crippen LogP contribution in [0.3, 0.4) is 0 Å². The van der Waals surface area contributed by atoms with E-state index in [2.05, 4.69) is 39.3 Å². The molecule has 0 saturated carbocycles. The van der Waals surface area contributed by atoms with E-state index in [-0.39, 0.29) is 0 Å². The zero-order chi connectivity index (χ0) is 16.2. The molecule has 3 aromatic rings. The number of halogens is 1. The highest BCUT2D eigenvalue weighted by atomic mass is 35.5. The number of nitrogens with one attached hydrogen (secondary N) is 2. The SMILES string of the molecule is CC(C)c1[nH]ncc1-c1ccnc(NCc2ccccc2Cl)n1. The Labute approximate surface area is 140 Å². The van der Waals surface area contributed by atoms with Gasteiger partial charge in [0, 0.05) is 29.0 Å². The van der Waals surface area contributed by atoms with Crippen LogP contribution in [0.5, 0.6) is 0 Å². The first-order chi connectivity index (χ1) is 11.1. The molecule has 3 rings (SSSR count). The van der Waals surface area contributed by atoms with Crippen molar-refractivity contribution in [3.63, 3.8) is 0 Å². The van der Waals surface area contributed by atoms with Crippen LogP contribution < -0.4 is 5.32 Å². The van der Waals surface area contributed by atoms with Gasteiger partial charge >= 0.3 is 0 Å². The van der Waals surface area contributed by atoms with Crippen molar-refractivity contribution in [1.82, 2.24) is 20.2 Å². The van der Waals surface area contributed by atoms with Gasteiger partial charge in [0.15, 0.2) is 0 Å². The maximum absolute atomic E-state index is 6.17. The molecule has 0 aliphatic carbocycles. The third kappa shape index (κ3) is 3.51. The Bertz CT molecular complexity index is 797. The van der Waals surface area contributed by atoms with Gasteiger partial charge in [-0.2, -0.15) is 5.10 Å². The normalized spacial score (nSPS) is 11.0. The van der Waals surface area contributed by atoms with Gasteiger partial charge in [-0.3, -0.25) is 5.10 Å². The molecule has 2 heterocycles. The highest BCUT2D eigenvalue weighted by molar-refractivity contribution is 6.31. The van der Waals surface area contributed by atoms with E-state index in [1.165, 1.54) is 0 Å². The van der Waals surface area contributed by atoms with Gasteiger partial charge in [0.1, 0.15) is 0 Å². The standard InChI is InChI=1S/C17H18ClN5/c1-11(2)16-13(10-21-23-16)15-7-8-19-17(22-15)20-9-12-5-3-4-6-14(12)18/h3-8,10-11H,9H2,1-2H3,(H,21,23)(H,19,20,22). The van der Waals surface area contributed by atoms with Crippen molar-refractivity contribution in [3.05, 3.63) is 59.0 Å². The largest absolute Gasteiger partial charge is 0.350 e. The Morgan fingerprint density at radius 2 is 2.04 bits per heavy atom. The monoisotopic (exact) mass is 327 g/mol. The van der Waals surface area contributed by atoms with Crippen molar-refractivity contribution in [3.8, 4) is 11.3 Å². The lowest BCUT2D eigenvalue weighted by Crippen LogP contribution is -2.04. The van der Waals surface area contributed by atoms with Crippen LogP contribution in [0.4, 0.5) is 5.95 Å². The molecule has 0 aliphatic rings. The Morgan fingerprint density at radius 1 is 1.22 bits per heavy atom. The summed E-state index contributed by atoms with van der Waals surface area (Å²) in [6, 6.07) is 9.61. The second kappa shape index (κ2) is 6.79. The molecule has 6 heteroatoms. The fourth-order valence-corrected chi connectivity index (χ4v) is 2.55.